The Bertz CT molecular complexity index is 1260. The van der Waals surface area contributed by atoms with Crippen molar-refractivity contribution >= 4 is 22.5 Å². The topological polar surface area (TPSA) is 72.7 Å². The first-order chi connectivity index (χ1) is 14.2. The van der Waals surface area contributed by atoms with E-state index in [0.717, 1.165) is 17.7 Å². The van der Waals surface area contributed by atoms with Gasteiger partial charge in [-0.15, -0.1) is 0 Å². The number of rotatable bonds is 3. The Morgan fingerprint density at radius 3 is 2.57 bits per heavy atom. The number of benzene rings is 2. The standard InChI is InChI=1S/C21H16F3N5O/c1-12-9-13(3-5-16(12)28-20(30)18-7-8-26-29(18)2)19-25-11-14-10-15(21(22,23)24)4-6-17(14)27-19/h3-11H,1-2H3,(H,28,30). The molecule has 2 heterocycles. The van der Waals surface area contributed by atoms with Gasteiger partial charge in [0.15, 0.2) is 5.82 Å². The SMILES string of the molecule is Cc1cc(-c2ncc3cc(C(F)(F)F)ccc3n2)ccc1NC(=O)c1ccnn1C. The van der Waals surface area contributed by atoms with Crippen molar-refractivity contribution in [2.24, 2.45) is 7.05 Å². The smallest absolute Gasteiger partial charge is 0.320 e. The molecule has 0 aliphatic heterocycles. The number of hydrogen-bond donors (Lipinski definition) is 1. The van der Waals surface area contributed by atoms with Crippen LogP contribution in [-0.4, -0.2) is 25.7 Å². The molecule has 9 heteroatoms. The molecule has 1 N–H and O–H groups in total. The second-order valence-corrected chi connectivity index (χ2v) is 6.79. The van der Waals surface area contributed by atoms with E-state index in [1.165, 1.54) is 16.9 Å². The molecule has 6 nitrogen and oxygen atoms in total. The van der Waals surface area contributed by atoms with Crippen molar-refractivity contribution in [3.05, 3.63) is 71.7 Å². The fourth-order valence-electron chi connectivity index (χ4n) is 3.07. The van der Waals surface area contributed by atoms with Crippen LogP contribution in [0.3, 0.4) is 0 Å². The summed E-state index contributed by atoms with van der Waals surface area (Å²) in [6.07, 6.45) is -1.50. The van der Waals surface area contributed by atoms with Crippen LogP contribution in [0.2, 0.25) is 0 Å². The zero-order valence-corrected chi connectivity index (χ0v) is 16.0. The van der Waals surface area contributed by atoms with Gasteiger partial charge in [-0.3, -0.25) is 9.48 Å². The molecule has 0 aliphatic carbocycles. The predicted molar refractivity (Wildman–Crippen MR) is 106 cm³/mol. The largest absolute Gasteiger partial charge is 0.416 e. The monoisotopic (exact) mass is 411 g/mol. The summed E-state index contributed by atoms with van der Waals surface area (Å²) in [4.78, 5) is 21.0. The molecule has 4 rings (SSSR count). The highest BCUT2D eigenvalue weighted by atomic mass is 19.4. The lowest BCUT2D eigenvalue weighted by atomic mass is 10.1. The summed E-state index contributed by atoms with van der Waals surface area (Å²) in [5, 5.41) is 7.12. The van der Waals surface area contributed by atoms with Crippen molar-refractivity contribution in [3.8, 4) is 11.4 Å². The second kappa shape index (κ2) is 7.25. The fourth-order valence-corrected chi connectivity index (χ4v) is 3.07. The van der Waals surface area contributed by atoms with Crippen molar-refractivity contribution in [1.82, 2.24) is 19.7 Å². The number of carbonyl (C=O) groups is 1. The third-order valence-corrected chi connectivity index (χ3v) is 4.69. The van der Waals surface area contributed by atoms with Gasteiger partial charge in [0.1, 0.15) is 5.69 Å². The fraction of sp³-hybridized carbons (Fsp3) is 0.143. The Hall–Kier alpha value is -3.75. The van der Waals surface area contributed by atoms with Gasteiger partial charge in [-0.1, -0.05) is 0 Å². The number of nitrogens with zero attached hydrogens (tertiary/aromatic N) is 4. The lowest BCUT2D eigenvalue weighted by molar-refractivity contribution is -0.137. The van der Waals surface area contributed by atoms with E-state index in [0.29, 0.717) is 33.7 Å². The maximum absolute atomic E-state index is 12.9. The summed E-state index contributed by atoms with van der Waals surface area (Å²) < 4.78 is 40.1. The van der Waals surface area contributed by atoms with Crippen LogP contribution in [0, 0.1) is 6.92 Å². The first-order valence-corrected chi connectivity index (χ1v) is 8.97. The van der Waals surface area contributed by atoms with Gasteiger partial charge >= 0.3 is 6.18 Å². The number of hydrogen-bond acceptors (Lipinski definition) is 4. The number of alkyl halides is 3. The van der Waals surface area contributed by atoms with Crippen LogP contribution in [0.1, 0.15) is 21.6 Å². The second-order valence-electron chi connectivity index (χ2n) is 6.79. The molecule has 4 aromatic rings. The highest BCUT2D eigenvalue weighted by molar-refractivity contribution is 6.03. The van der Waals surface area contributed by atoms with Gasteiger partial charge < -0.3 is 5.32 Å². The average molecular weight is 411 g/mol. The van der Waals surface area contributed by atoms with Crippen LogP contribution < -0.4 is 5.32 Å². The Morgan fingerprint density at radius 1 is 1.10 bits per heavy atom. The quantitative estimate of drug-likeness (QED) is 0.534. The number of aromatic nitrogens is 4. The summed E-state index contributed by atoms with van der Waals surface area (Å²) >= 11 is 0. The first kappa shape index (κ1) is 19.6. The molecule has 0 unspecified atom stereocenters. The molecule has 0 saturated heterocycles. The van der Waals surface area contributed by atoms with Gasteiger partial charge in [0.25, 0.3) is 5.91 Å². The number of carbonyl (C=O) groups excluding carboxylic acids is 1. The molecule has 0 aliphatic rings. The summed E-state index contributed by atoms with van der Waals surface area (Å²) in [5.74, 6) is 0.100. The van der Waals surface area contributed by atoms with E-state index in [1.807, 2.05) is 13.0 Å². The van der Waals surface area contributed by atoms with Crippen LogP contribution in [0.5, 0.6) is 0 Å². The molecular formula is C21H16F3N5O. The number of amides is 1. The molecule has 0 atom stereocenters. The summed E-state index contributed by atoms with van der Waals surface area (Å²) in [6.45, 7) is 1.83. The number of anilines is 1. The maximum Gasteiger partial charge on any atom is 0.416 e. The average Bonchev–Trinajstić information content (AvgIpc) is 3.14. The molecule has 0 saturated carbocycles. The molecule has 2 aromatic heterocycles. The van der Waals surface area contributed by atoms with E-state index in [1.54, 1.807) is 31.4 Å². The molecular weight excluding hydrogens is 395 g/mol. The van der Waals surface area contributed by atoms with Crippen LogP contribution in [0.25, 0.3) is 22.3 Å². The summed E-state index contributed by atoms with van der Waals surface area (Å²) in [5.41, 5.74) is 2.21. The Kier molecular flexibility index (Phi) is 4.73. The highest BCUT2D eigenvalue weighted by Gasteiger charge is 2.30. The highest BCUT2D eigenvalue weighted by Crippen LogP contribution is 2.31. The number of halogens is 3. The van der Waals surface area contributed by atoms with Gasteiger partial charge in [0, 0.05) is 36.1 Å². The van der Waals surface area contributed by atoms with Crippen molar-refractivity contribution in [1.29, 1.82) is 0 Å². The first-order valence-electron chi connectivity index (χ1n) is 8.97. The summed E-state index contributed by atoms with van der Waals surface area (Å²) in [7, 11) is 1.68. The maximum atomic E-state index is 12.9. The van der Waals surface area contributed by atoms with Crippen LogP contribution in [-0.2, 0) is 13.2 Å². The molecule has 1 amide bonds. The van der Waals surface area contributed by atoms with E-state index in [2.05, 4.69) is 20.4 Å². The van der Waals surface area contributed by atoms with Crippen LogP contribution in [0.15, 0.2) is 54.9 Å². The van der Waals surface area contributed by atoms with Gasteiger partial charge in [0.05, 0.1) is 11.1 Å². The van der Waals surface area contributed by atoms with Crippen molar-refractivity contribution in [2.75, 3.05) is 5.32 Å². The van der Waals surface area contributed by atoms with Gasteiger partial charge in [0.2, 0.25) is 0 Å². The third kappa shape index (κ3) is 3.73. The molecule has 0 bridgehead atoms. The number of aryl methyl sites for hydroxylation is 2. The number of fused-ring (bicyclic) bond motifs is 1. The molecule has 0 spiro atoms. The van der Waals surface area contributed by atoms with Crippen LogP contribution >= 0.6 is 0 Å². The minimum Gasteiger partial charge on any atom is -0.320 e. The summed E-state index contributed by atoms with van der Waals surface area (Å²) in [6, 6.07) is 10.3. The number of nitrogens with one attached hydrogen (secondary N) is 1. The van der Waals surface area contributed by atoms with Crippen molar-refractivity contribution in [3.63, 3.8) is 0 Å². The lowest BCUT2D eigenvalue weighted by Gasteiger charge is -2.11. The molecule has 2 aromatic carbocycles. The van der Waals surface area contributed by atoms with Crippen LogP contribution in [0.4, 0.5) is 18.9 Å². The molecule has 0 fully saturated rings. The minimum absolute atomic E-state index is 0.284. The van der Waals surface area contributed by atoms with E-state index in [4.69, 9.17) is 0 Å². The third-order valence-electron chi connectivity index (χ3n) is 4.69. The minimum atomic E-state index is -4.42. The van der Waals surface area contributed by atoms with Gasteiger partial charge in [-0.05, 0) is 55.0 Å². The van der Waals surface area contributed by atoms with Gasteiger partial charge in [-0.2, -0.15) is 18.3 Å². The zero-order valence-electron chi connectivity index (χ0n) is 16.0. The molecule has 30 heavy (non-hydrogen) atoms. The van der Waals surface area contributed by atoms with E-state index >= 15 is 0 Å². The Balaban J connectivity index is 1.61. The Morgan fingerprint density at radius 2 is 1.90 bits per heavy atom. The molecule has 152 valence electrons. The van der Waals surface area contributed by atoms with Gasteiger partial charge in [-0.25, -0.2) is 9.97 Å². The van der Waals surface area contributed by atoms with E-state index < -0.39 is 11.7 Å². The Labute approximate surface area is 169 Å². The lowest BCUT2D eigenvalue weighted by Crippen LogP contribution is -2.16. The van der Waals surface area contributed by atoms with Crippen molar-refractivity contribution < 1.29 is 18.0 Å². The zero-order chi connectivity index (χ0) is 21.5. The predicted octanol–water partition coefficient (Wildman–Crippen LogP) is 4.61. The van der Waals surface area contributed by atoms with Crippen molar-refractivity contribution in [2.45, 2.75) is 13.1 Å². The van der Waals surface area contributed by atoms with E-state index in [9.17, 15) is 18.0 Å². The normalized spacial score (nSPS) is 11.6. The van der Waals surface area contributed by atoms with E-state index in [-0.39, 0.29) is 5.91 Å². The molecule has 0 radical (unpaired) electrons.